The van der Waals surface area contributed by atoms with Gasteiger partial charge in [-0.1, -0.05) is 12.1 Å². The first kappa shape index (κ1) is 13.8. The van der Waals surface area contributed by atoms with Gasteiger partial charge in [-0.2, -0.15) is 13.2 Å². The third kappa shape index (κ3) is 3.93. The number of nitrogens with zero attached hydrogens (tertiary/aromatic N) is 1. The van der Waals surface area contributed by atoms with Gasteiger partial charge >= 0.3 is 6.30 Å². The highest BCUT2D eigenvalue weighted by atomic mass is 19.4. The molecule has 0 unspecified atom stereocenters. The Labute approximate surface area is 99.0 Å². The number of hydrogen-bond donors (Lipinski definition) is 0. The second-order valence-corrected chi connectivity index (χ2v) is 4.04. The van der Waals surface area contributed by atoms with Crippen LogP contribution in [-0.2, 0) is 6.54 Å². The lowest BCUT2D eigenvalue weighted by Crippen LogP contribution is -2.42. The lowest BCUT2D eigenvalue weighted by Gasteiger charge is -2.28. The summed E-state index contributed by atoms with van der Waals surface area (Å²) in [6.07, 6.45) is -4.31. The van der Waals surface area contributed by atoms with Crippen molar-refractivity contribution in [1.29, 1.82) is 0 Å². The molecule has 0 atom stereocenters. The van der Waals surface area contributed by atoms with Crippen LogP contribution in [0.2, 0.25) is 0 Å². The summed E-state index contributed by atoms with van der Waals surface area (Å²) in [5.41, 5.74) is 0.608. The number of alkyl halides is 3. The Bertz CT molecular complexity index is 346. The molecule has 0 aliphatic carbocycles. The first-order chi connectivity index (χ1) is 7.84. The minimum Gasteiger partial charge on any atom is -0.497 e. The number of methoxy groups -OCH3 is 1. The molecule has 0 saturated carbocycles. The second kappa shape index (κ2) is 5.40. The molecular formula is C12H16F3NO. The summed E-state index contributed by atoms with van der Waals surface area (Å²) in [6, 6.07) is 6.01. The molecule has 0 fully saturated rings. The van der Waals surface area contributed by atoms with Crippen LogP contribution in [0.25, 0.3) is 0 Å². The van der Waals surface area contributed by atoms with E-state index in [1.807, 2.05) is 0 Å². The highest BCUT2D eigenvalue weighted by Crippen LogP contribution is 2.26. The fourth-order valence-corrected chi connectivity index (χ4v) is 1.49. The van der Waals surface area contributed by atoms with Gasteiger partial charge in [-0.25, -0.2) is 4.90 Å². The van der Waals surface area contributed by atoms with Crippen molar-refractivity contribution in [1.82, 2.24) is 4.90 Å². The zero-order chi connectivity index (χ0) is 13.1. The van der Waals surface area contributed by atoms with Gasteiger partial charge in [0.05, 0.1) is 7.11 Å². The van der Waals surface area contributed by atoms with E-state index in [0.717, 1.165) is 0 Å². The predicted molar refractivity (Wildman–Crippen MR) is 59.7 cm³/mol. The highest BCUT2D eigenvalue weighted by molar-refractivity contribution is 5.27. The lowest BCUT2D eigenvalue weighted by molar-refractivity contribution is -0.259. The average Bonchev–Trinajstić information content (AvgIpc) is 2.24. The van der Waals surface area contributed by atoms with E-state index in [-0.39, 0.29) is 6.54 Å². The topological polar surface area (TPSA) is 12.5 Å². The van der Waals surface area contributed by atoms with Crippen LogP contribution in [0.5, 0.6) is 5.75 Å². The van der Waals surface area contributed by atoms with Gasteiger partial charge in [0.25, 0.3) is 0 Å². The minimum atomic E-state index is -4.31. The summed E-state index contributed by atoms with van der Waals surface area (Å²) >= 11 is 0. The molecule has 2 nitrogen and oxygen atoms in total. The zero-order valence-corrected chi connectivity index (χ0v) is 10.1. The number of benzene rings is 1. The Morgan fingerprint density at radius 2 is 1.71 bits per heavy atom. The monoisotopic (exact) mass is 247 g/mol. The molecule has 0 bridgehead atoms. The van der Waals surface area contributed by atoms with E-state index in [4.69, 9.17) is 4.74 Å². The Morgan fingerprint density at radius 3 is 2.06 bits per heavy atom. The number of hydrogen-bond acceptors (Lipinski definition) is 2. The standard InChI is InChI=1S/C12H16F3NO/c1-9(2)16(12(13,14)15)8-10-4-6-11(17-3)7-5-10/h4-7,9H,8H2,1-3H3. The van der Waals surface area contributed by atoms with Crippen molar-refractivity contribution in [2.45, 2.75) is 32.7 Å². The van der Waals surface area contributed by atoms with E-state index in [1.165, 1.54) is 21.0 Å². The quantitative estimate of drug-likeness (QED) is 0.756. The fourth-order valence-electron chi connectivity index (χ4n) is 1.49. The van der Waals surface area contributed by atoms with Crippen LogP contribution in [0.1, 0.15) is 19.4 Å². The van der Waals surface area contributed by atoms with Crippen LogP contribution in [0, 0.1) is 0 Å². The Morgan fingerprint density at radius 1 is 1.18 bits per heavy atom. The summed E-state index contributed by atoms with van der Waals surface area (Å²) < 4.78 is 43.1. The van der Waals surface area contributed by atoms with E-state index >= 15 is 0 Å². The number of ether oxygens (including phenoxy) is 1. The third-order valence-corrected chi connectivity index (χ3v) is 2.46. The van der Waals surface area contributed by atoms with Crippen LogP contribution >= 0.6 is 0 Å². The van der Waals surface area contributed by atoms with E-state index in [0.29, 0.717) is 16.2 Å². The van der Waals surface area contributed by atoms with Crippen LogP contribution in [0.3, 0.4) is 0 Å². The van der Waals surface area contributed by atoms with E-state index in [2.05, 4.69) is 0 Å². The fraction of sp³-hybridized carbons (Fsp3) is 0.500. The molecular weight excluding hydrogens is 231 g/mol. The van der Waals surface area contributed by atoms with Gasteiger partial charge in [0.2, 0.25) is 0 Å². The lowest BCUT2D eigenvalue weighted by atomic mass is 10.2. The third-order valence-electron chi connectivity index (χ3n) is 2.46. The van der Waals surface area contributed by atoms with Crippen LogP contribution in [0.4, 0.5) is 13.2 Å². The highest BCUT2D eigenvalue weighted by Gasteiger charge is 2.38. The van der Waals surface area contributed by atoms with Gasteiger partial charge in [-0.15, -0.1) is 0 Å². The molecule has 0 radical (unpaired) electrons. The SMILES string of the molecule is COc1ccc(CN(C(C)C)C(F)(F)F)cc1. The molecule has 0 N–H and O–H groups in total. The molecule has 0 aromatic heterocycles. The number of halogens is 3. The van der Waals surface area contributed by atoms with E-state index in [1.54, 1.807) is 24.3 Å². The van der Waals surface area contributed by atoms with Crippen molar-refractivity contribution in [2.24, 2.45) is 0 Å². The molecule has 0 heterocycles. The summed E-state index contributed by atoms with van der Waals surface area (Å²) in [4.78, 5) is 0.495. The Balaban J connectivity index is 2.79. The van der Waals surface area contributed by atoms with Crippen molar-refractivity contribution in [2.75, 3.05) is 7.11 Å². The predicted octanol–water partition coefficient (Wildman–Crippen LogP) is 3.43. The minimum absolute atomic E-state index is 0.148. The normalized spacial score (nSPS) is 12.2. The maximum absolute atomic E-state index is 12.7. The Hall–Kier alpha value is -1.23. The zero-order valence-electron chi connectivity index (χ0n) is 10.1. The van der Waals surface area contributed by atoms with Crippen molar-refractivity contribution >= 4 is 0 Å². The Kier molecular flexibility index (Phi) is 4.40. The molecule has 0 aliphatic heterocycles. The number of rotatable bonds is 4. The van der Waals surface area contributed by atoms with Gasteiger partial charge in [0, 0.05) is 12.6 Å². The molecule has 17 heavy (non-hydrogen) atoms. The molecule has 1 aromatic rings. The largest absolute Gasteiger partial charge is 0.497 e. The van der Waals surface area contributed by atoms with E-state index < -0.39 is 12.3 Å². The first-order valence-electron chi connectivity index (χ1n) is 5.31. The average molecular weight is 247 g/mol. The van der Waals surface area contributed by atoms with Crippen molar-refractivity contribution in [3.8, 4) is 5.75 Å². The van der Waals surface area contributed by atoms with Crippen LogP contribution < -0.4 is 4.74 Å². The molecule has 1 rings (SSSR count). The van der Waals surface area contributed by atoms with Gasteiger partial charge in [-0.3, -0.25) is 0 Å². The smallest absolute Gasteiger partial charge is 0.460 e. The van der Waals surface area contributed by atoms with Crippen molar-refractivity contribution < 1.29 is 17.9 Å². The molecule has 0 spiro atoms. The maximum Gasteiger partial charge on any atom is 0.460 e. The summed E-state index contributed by atoms with van der Waals surface area (Å²) in [5, 5.41) is 0. The molecule has 5 heteroatoms. The van der Waals surface area contributed by atoms with Crippen LogP contribution in [-0.4, -0.2) is 24.4 Å². The summed E-state index contributed by atoms with van der Waals surface area (Å²) in [6.45, 7) is 2.90. The van der Waals surface area contributed by atoms with Gasteiger partial charge in [0.15, 0.2) is 0 Å². The van der Waals surface area contributed by atoms with Crippen molar-refractivity contribution in [3.63, 3.8) is 0 Å². The molecule has 0 amide bonds. The van der Waals surface area contributed by atoms with Gasteiger partial charge in [0.1, 0.15) is 5.75 Å². The summed E-state index contributed by atoms with van der Waals surface area (Å²) in [7, 11) is 1.52. The van der Waals surface area contributed by atoms with Gasteiger partial charge in [-0.05, 0) is 31.5 Å². The second-order valence-electron chi connectivity index (χ2n) is 4.04. The van der Waals surface area contributed by atoms with Gasteiger partial charge < -0.3 is 4.74 Å². The summed E-state index contributed by atoms with van der Waals surface area (Å²) in [5.74, 6) is 0.636. The molecule has 96 valence electrons. The van der Waals surface area contributed by atoms with Crippen molar-refractivity contribution in [3.05, 3.63) is 29.8 Å². The van der Waals surface area contributed by atoms with Crippen LogP contribution in [0.15, 0.2) is 24.3 Å². The molecule has 1 aromatic carbocycles. The van der Waals surface area contributed by atoms with E-state index in [9.17, 15) is 13.2 Å². The molecule has 0 saturated heterocycles. The maximum atomic E-state index is 12.7. The first-order valence-corrected chi connectivity index (χ1v) is 5.31. The molecule has 0 aliphatic rings.